The number of amides is 2. The maximum Gasteiger partial charge on any atom is 0.252 e. The summed E-state index contributed by atoms with van der Waals surface area (Å²) in [6.45, 7) is 0.409. The molecule has 4 rings (SSSR count). The molecular formula is C22H16Cl5N3O2S. The molecule has 2 N–H and O–H groups in total. The number of alkyl halides is 2. The molecule has 172 valence electrons. The molecule has 5 nitrogen and oxygen atoms in total. The first kappa shape index (κ1) is 24.6. The average molecular weight is 564 g/mol. The molecule has 0 saturated heterocycles. The van der Waals surface area contributed by atoms with E-state index in [0.29, 0.717) is 34.3 Å². The lowest BCUT2D eigenvalue weighted by Crippen LogP contribution is -2.26. The van der Waals surface area contributed by atoms with Crippen molar-refractivity contribution in [3.8, 4) is 0 Å². The number of benzene rings is 2. The predicted octanol–water partition coefficient (Wildman–Crippen LogP) is 6.60. The van der Waals surface area contributed by atoms with Gasteiger partial charge in [-0.2, -0.15) is 0 Å². The van der Waals surface area contributed by atoms with E-state index >= 15 is 0 Å². The first-order chi connectivity index (χ1) is 15.7. The highest BCUT2D eigenvalue weighted by atomic mass is 35.5. The minimum Gasteiger partial charge on any atom is -0.352 e. The fourth-order valence-electron chi connectivity index (χ4n) is 3.57. The number of carbonyl (C=O) groups is 2. The number of nitrogens with one attached hydrogen (secondary N) is 2. The van der Waals surface area contributed by atoms with Crippen LogP contribution in [0.5, 0.6) is 0 Å². The van der Waals surface area contributed by atoms with Crippen molar-refractivity contribution < 1.29 is 9.59 Å². The smallest absolute Gasteiger partial charge is 0.252 e. The van der Waals surface area contributed by atoms with Crippen molar-refractivity contribution >= 4 is 86.8 Å². The second-order valence-corrected chi connectivity index (χ2v) is 11.2. The number of aromatic nitrogens is 1. The summed E-state index contributed by atoms with van der Waals surface area (Å²) in [7, 11) is 0. The molecule has 0 spiro atoms. The van der Waals surface area contributed by atoms with Crippen LogP contribution in [0.15, 0.2) is 48.0 Å². The zero-order valence-corrected chi connectivity index (χ0v) is 21.3. The Bertz CT molecular complexity index is 1180. The predicted molar refractivity (Wildman–Crippen MR) is 135 cm³/mol. The fraction of sp³-hybridized carbons (Fsp3) is 0.227. The second-order valence-electron chi connectivity index (χ2n) is 7.45. The van der Waals surface area contributed by atoms with E-state index in [2.05, 4.69) is 15.6 Å². The molecule has 0 aliphatic heterocycles. The first-order valence-corrected chi connectivity index (χ1v) is 12.5. The van der Waals surface area contributed by atoms with Gasteiger partial charge in [0.25, 0.3) is 5.91 Å². The second kappa shape index (κ2) is 9.98. The maximum atomic E-state index is 12.9. The lowest BCUT2D eigenvalue weighted by molar-refractivity contribution is -0.117. The molecule has 11 heteroatoms. The van der Waals surface area contributed by atoms with E-state index in [1.165, 1.54) is 17.4 Å². The largest absolute Gasteiger partial charge is 0.352 e. The number of rotatable bonds is 7. The Morgan fingerprint density at radius 3 is 2.45 bits per heavy atom. The van der Waals surface area contributed by atoms with E-state index in [0.717, 1.165) is 5.01 Å². The highest BCUT2D eigenvalue weighted by Gasteiger charge is 2.67. The van der Waals surface area contributed by atoms with Crippen LogP contribution in [0.3, 0.4) is 0 Å². The molecule has 0 bridgehead atoms. The van der Waals surface area contributed by atoms with Gasteiger partial charge in [-0.05, 0) is 42.0 Å². The third-order valence-corrected chi connectivity index (χ3v) is 7.71. The Balaban J connectivity index is 1.43. The van der Waals surface area contributed by atoms with Crippen molar-refractivity contribution in [1.29, 1.82) is 0 Å². The molecule has 2 atom stereocenters. The highest BCUT2D eigenvalue weighted by molar-refractivity contribution is 7.09. The zero-order chi connectivity index (χ0) is 23.8. The molecule has 2 amide bonds. The minimum atomic E-state index is -1.31. The molecule has 1 heterocycles. The van der Waals surface area contributed by atoms with Crippen LogP contribution in [0.25, 0.3) is 0 Å². The van der Waals surface area contributed by atoms with Crippen LogP contribution >= 0.6 is 69.3 Å². The quantitative estimate of drug-likeness (QED) is 0.318. The lowest BCUT2D eigenvalue weighted by Gasteiger charge is -2.10. The van der Waals surface area contributed by atoms with Gasteiger partial charge in [0, 0.05) is 46.2 Å². The fourth-order valence-corrected chi connectivity index (χ4v) is 5.77. The van der Waals surface area contributed by atoms with Gasteiger partial charge in [-0.25, -0.2) is 4.98 Å². The lowest BCUT2D eigenvalue weighted by atomic mass is 10.1. The van der Waals surface area contributed by atoms with E-state index < -0.39 is 22.1 Å². The van der Waals surface area contributed by atoms with E-state index in [1.807, 2.05) is 5.38 Å². The van der Waals surface area contributed by atoms with Gasteiger partial charge in [0.1, 0.15) is 4.33 Å². The summed E-state index contributed by atoms with van der Waals surface area (Å²) in [5.41, 5.74) is 1.31. The molecule has 0 unspecified atom stereocenters. The number of hydrogen-bond donors (Lipinski definition) is 2. The number of nitrogens with zero attached hydrogens (tertiary/aromatic N) is 1. The van der Waals surface area contributed by atoms with Crippen molar-refractivity contribution in [3.63, 3.8) is 0 Å². The Kier molecular flexibility index (Phi) is 7.44. The molecule has 1 fully saturated rings. The van der Waals surface area contributed by atoms with E-state index in [4.69, 9.17) is 58.0 Å². The molecule has 1 aliphatic rings. The van der Waals surface area contributed by atoms with Crippen molar-refractivity contribution in [2.75, 3.05) is 11.9 Å². The van der Waals surface area contributed by atoms with Crippen LogP contribution in [0.1, 0.15) is 26.8 Å². The van der Waals surface area contributed by atoms with Crippen LogP contribution < -0.4 is 10.6 Å². The number of halogens is 5. The molecule has 1 aromatic heterocycles. The summed E-state index contributed by atoms with van der Waals surface area (Å²) in [6, 6.07) is 9.61. The Labute approximate surface area is 219 Å². The maximum absolute atomic E-state index is 12.9. The van der Waals surface area contributed by atoms with E-state index in [1.54, 1.807) is 36.5 Å². The van der Waals surface area contributed by atoms with Gasteiger partial charge in [0.05, 0.1) is 21.5 Å². The van der Waals surface area contributed by atoms with Crippen molar-refractivity contribution in [2.24, 2.45) is 5.92 Å². The van der Waals surface area contributed by atoms with Crippen LogP contribution in [0.4, 0.5) is 5.69 Å². The standard InChI is InChI=1S/C22H16Cl5N3O2S/c23-12-7-11(8-13(24)9-12)18-19(22(18,26)27)21(32)30-14-1-2-16(25)15(10-14)20(31)29-4-3-17-28-5-6-33-17/h1-2,5-10,18-19H,3-4H2,(H,29,31)(H,30,32)/t18-,19+/m1/s1. The van der Waals surface area contributed by atoms with Gasteiger partial charge in [0.15, 0.2) is 0 Å². The third kappa shape index (κ3) is 5.59. The zero-order valence-electron chi connectivity index (χ0n) is 16.7. The van der Waals surface area contributed by atoms with Gasteiger partial charge in [0.2, 0.25) is 5.91 Å². The van der Waals surface area contributed by atoms with Gasteiger partial charge in [-0.15, -0.1) is 34.5 Å². The van der Waals surface area contributed by atoms with Crippen LogP contribution in [0, 0.1) is 5.92 Å². The van der Waals surface area contributed by atoms with Gasteiger partial charge < -0.3 is 10.6 Å². The van der Waals surface area contributed by atoms with Crippen molar-refractivity contribution in [1.82, 2.24) is 10.3 Å². The Morgan fingerprint density at radius 2 is 1.79 bits per heavy atom. The molecule has 2 aromatic carbocycles. The summed E-state index contributed by atoms with van der Waals surface area (Å²) in [6.07, 6.45) is 2.33. The number of hydrogen-bond acceptors (Lipinski definition) is 4. The van der Waals surface area contributed by atoms with Gasteiger partial charge in [-0.3, -0.25) is 9.59 Å². The SMILES string of the molecule is O=C(NCCc1nccs1)c1cc(NC(=O)[C@@H]2[C@@H](c3cc(Cl)cc(Cl)c3)C2(Cl)Cl)ccc1Cl. The van der Waals surface area contributed by atoms with Crippen LogP contribution in [0.2, 0.25) is 15.1 Å². The summed E-state index contributed by atoms with van der Waals surface area (Å²) in [5, 5.41) is 9.50. The number of thiazole rings is 1. The highest BCUT2D eigenvalue weighted by Crippen LogP contribution is 2.65. The number of carbonyl (C=O) groups excluding carboxylic acids is 2. The summed E-state index contributed by atoms with van der Waals surface area (Å²) < 4.78 is -1.31. The summed E-state index contributed by atoms with van der Waals surface area (Å²) in [4.78, 5) is 29.7. The molecule has 0 radical (unpaired) electrons. The average Bonchev–Trinajstić information content (AvgIpc) is 3.06. The minimum absolute atomic E-state index is 0.241. The van der Waals surface area contributed by atoms with Crippen LogP contribution in [-0.2, 0) is 11.2 Å². The topological polar surface area (TPSA) is 71.1 Å². The Hall–Kier alpha value is -1.54. The molecule has 33 heavy (non-hydrogen) atoms. The summed E-state index contributed by atoms with van der Waals surface area (Å²) >= 11 is 32.7. The third-order valence-electron chi connectivity index (χ3n) is 5.17. The molecule has 1 aliphatic carbocycles. The van der Waals surface area contributed by atoms with Gasteiger partial charge in [-0.1, -0.05) is 34.8 Å². The van der Waals surface area contributed by atoms with Crippen molar-refractivity contribution in [3.05, 3.63) is 79.2 Å². The molecule has 3 aromatic rings. The molecular weight excluding hydrogens is 548 g/mol. The monoisotopic (exact) mass is 561 g/mol. The molecule has 1 saturated carbocycles. The normalized spacial score (nSPS) is 18.6. The van der Waals surface area contributed by atoms with Crippen LogP contribution in [-0.4, -0.2) is 27.7 Å². The van der Waals surface area contributed by atoms with E-state index in [9.17, 15) is 9.59 Å². The Morgan fingerprint density at radius 1 is 1.06 bits per heavy atom. The summed E-state index contributed by atoms with van der Waals surface area (Å²) in [5.74, 6) is -1.94. The first-order valence-electron chi connectivity index (χ1n) is 9.77. The number of anilines is 1. The van der Waals surface area contributed by atoms with Gasteiger partial charge >= 0.3 is 0 Å². The van der Waals surface area contributed by atoms with Crippen molar-refractivity contribution in [2.45, 2.75) is 16.7 Å². The van der Waals surface area contributed by atoms with E-state index in [-0.39, 0.29) is 16.5 Å².